The lowest BCUT2D eigenvalue weighted by Gasteiger charge is -2.24. The third-order valence-electron chi connectivity index (χ3n) is 5.50. The van der Waals surface area contributed by atoms with Gasteiger partial charge in [-0.2, -0.15) is 26.3 Å². The van der Waals surface area contributed by atoms with E-state index in [0.717, 1.165) is 24.3 Å². The van der Waals surface area contributed by atoms with Gasteiger partial charge in [0.2, 0.25) is 12.2 Å². The van der Waals surface area contributed by atoms with Crippen LogP contribution in [-0.4, -0.2) is 41.1 Å². The molecule has 0 bridgehead atoms. The molecule has 8 nitrogen and oxygen atoms in total. The molecule has 41 heavy (non-hydrogen) atoms. The summed E-state index contributed by atoms with van der Waals surface area (Å²) in [7, 11) is 0. The Morgan fingerprint density at radius 2 is 1.17 bits per heavy atom. The van der Waals surface area contributed by atoms with Crippen molar-refractivity contribution in [3.05, 3.63) is 101 Å². The molecular formula is C27H19F6NO7. The van der Waals surface area contributed by atoms with Crippen molar-refractivity contribution in [2.45, 2.75) is 31.5 Å². The SMILES string of the molecule is Cc1ccccc1NC(=O)[C@H](OC(=O)c1cccc(C(F)(F)F)c1)[C@H](OC(=O)c1cccc(C(F)(F)F)c1)C(=O)O. The van der Waals surface area contributed by atoms with Crippen LogP contribution >= 0.6 is 0 Å². The van der Waals surface area contributed by atoms with Gasteiger partial charge in [-0.15, -0.1) is 0 Å². The van der Waals surface area contributed by atoms with Gasteiger partial charge in [-0.25, -0.2) is 14.4 Å². The summed E-state index contributed by atoms with van der Waals surface area (Å²) in [6.45, 7) is 1.56. The molecule has 216 valence electrons. The number of alkyl halides is 6. The van der Waals surface area contributed by atoms with E-state index >= 15 is 0 Å². The monoisotopic (exact) mass is 583 g/mol. The van der Waals surface area contributed by atoms with E-state index in [9.17, 15) is 50.6 Å². The molecular weight excluding hydrogens is 564 g/mol. The lowest BCUT2D eigenvalue weighted by atomic mass is 10.1. The van der Waals surface area contributed by atoms with Crippen LogP contribution in [0.25, 0.3) is 0 Å². The number of nitrogens with one attached hydrogen (secondary N) is 1. The summed E-state index contributed by atoms with van der Waals surface area (Å²) in [5.41, 5.74) is -3.39. The molecule has 0 radical (unpaired) electrons. The van der Waals surface area contributed by atoms with Crippen molar-refractivity contribution < 1.29 is 60.1 Å². The van der Waals surface area contributed by atoms with E-state index in [1.807, 2.05) is 0 Å². The van der Waals surface area contributed by atoms with E-state index in [0.29, 0.717) is 29.8 Å². The highest BCUT2D eigenvalue weighted by molar-refractivity contribution is 6.01. The summed E-state index contributed by atoms with van der Waals surface area (Å²) >= 11 is 0. The fraction of sp³-hybridized carbons (Fsp3) is 0.185. The maximum absolute atomic E-state index is 13.1. The second-order valence-electron chi connectivity index (χ2n) is 8.45. The number of halogens is 6. The molecule has 0 spiro atoms. The lowest BCUT2D eigenvalue weighted by molar-refractivity contribution is -0.157. The molecule has 0 saturated heterocycles. The highest BCUT2D eigenvalue weighted by atomic mass is 19.4. The van der Waals surface area contributed by atoms with Crippen molar-refractivity contribution in [2.24, 2.45) is 0 Å². The normalized spacial score (nSPS) is 13.0. The van der Waals surface area contributed by atoms with Crippen molar-refractivity contribution in [2.75, 3.05) is 5.32 Å². The van der Waals surface area contributed by atoms with Crippen LogP contribution in [0.2, 0.25) is 0 Å². The Hall–Kier alpha value is -4.88. The minimum atomic E-state index is -4.86. The van der Waals surface area contributed by atoms with Crippen molar-refractivity contribution in [1.29, 1.82) is 0 Å². The fourth-order valence-corrected chi connectivity index (χ4v) is 3.42. The molecule has 0 heterocycles. The third kappa shape index (κ3) is 7.84. The molecule has 0 fully saturated rings. The van der Waals surface area contributed by atoms with E-state index < -0.39 is 70.6 Å². The van der Waals surface area contributed by atoms with Gasteiger partial charge in [0.15, 0.2) is 0 Å². The number of rotatable bonds is 8. The van der Waals surface area contributed by atoms with E-state index in [1.54, 1.807) is 19.1 Å². The molecule has 0 aliphatic rings. The summed E-state index contributed by atoms with van der Waals surface area (Å²) in [5.74, 6) is -6.61. The van der Waals surface area contributed by atoms with Gasteiger partial charge in [-0.1, -0.05) is 30.3 Å². The van der Waals surface area contributed by atoms with Gasteiger partial charge in [0, 0.05) is 5.69 Å². The Kier molecular flexibility index (Phi) is 9.05. The second kappa shape index (κ2) is 12.1. The first-order valence-electron chi connectivity index (χ1n) is 11.4. The topological polar surface area (TPSA) is 119 Å². The molecule has 1 amide bonds. The number of para-hydroxylation sites is 1. The highest BCUT2D eigenvalue weighted by Crippen LogP contribution is 2.31. The van der Waals surface area contributed by atoms with E-state index in [4.69, 9.17) is 9.47 Å². The highest BCUT2D eigenvalue weighted by Gasteiger charge is 2.42. The molecule has 0 aliphatic carbocycles. The molecule has 0 saturated carbocycles. The predicted molar refractivity (Wildman–Crippen MR) is 129 cm³/mol. The van der Waals surface area contributed by atoms with Crippen LogP contribution in [-0.2, 0) is 31.4 Å². The zero-order valence-electron chi connectivity index (χ0n) is 20.7. The van der Waals surface area contributed by atoms with Crippen molar-refractivity contribution in [3.63, 3.8) is 0 Å². The number of carbonyl (C=O) groups excluding carboxylic acids is 3. The van der Waals surface area contributed by atoms with Gasteiger partial charge in [-0.05, 0) is 55.0 Å². The van der Waals surface area contributed by atoms with Gasteiger partial charge < -0.3 is 19.9 Å². The van der Waals surface area contributed by atoms with Crippen LogP contribution in [0.3, 0.4) is 0 Å². The smallest absolute Gasteiger partial charge is 0.416 e. The van der Waals surface area contributed by atoms with Crippen LogP contribution in [0.5, 0.6) is 0 Å². The molecule has 0 aromatic heterocycles. The molecule has 0 unspecified atom stereocenters. The number of aryl methyl sites for hydroxylation is 1. The quantitative estimate of drug-likeness (QED) is 0.265. The van der Waals surface area contributed by atoms with Crippen molar-refractivity contribution in [3.8, 4) is 0 Å². The third-order valence-corrected chi connectivity index (χ3v) is 5.50. The minimum absolute atomic E-state index is 0.117. The Morgan fingerprint density at radius 3 is 1.61 bits per heavy atom. The van der Waals surface area contributed by atoms with Crippen LogP contribution < -0.4 is 5.32 Å². The average molecular weight is 583 g/mol. The average Bonchev–Trinajstić information content (AvgIpc) is 2.90. The Bertz CT molecular complexity index is 1470. The second-order valence-corrected chi connectivity index (χ2v) is 8.45. The Morgan fingerprint density at radius 1 is 0.707 bits per heavy atom. The first kappa shape index (κ1) is 30.7. The van der Waals surface area contributed by atoms with Gasteiger partial charge in [0.05, 0.1) is 22.3 Å². The molecule has 2 atom stereocenters. The standard InChI is InChI=1S/C27H19F6NO7/c1-14-6-2-3-11-19(14)34-22(35)20(40-24(38)15-7-4-9-17(12-15)26(28,29)30)21(23(36)37)41-25(39)16-8-5-10-18(13-16)27(31,32)33/h2-13,20-21H,1H3,(H,34,35)(H,36,37)/t20-,21+/m1/s1. The van der Waals surface area contributed by atoms with Crippen LogP contribution in [0.15, 0.2) is 72.8 Å². The minimum Gasteiger partial charge on any atom is -0.478 e. The van der Waals surface area contributed by atoms with E-state index in [2.05, 4.69) is 5.32 Å². The largest absolute Gasteiger partial charge is 0.478 e. The van der Waals surface area contributed by atoms with Gasteiger partial charge >= 0.3 is 30.3 Å². The number of ether oxygens (including phenoxy) is 2. The van der Waals surface area contributed by atoms with E-state index in [1.165, 1.54) is 12.1 Å². The lowest BCUT2D eigenvalue weighted by Crippen LogP contribution is -2.48. The maximum atomic E-state index is 13.1. The number of carboxylic acid groups (broad SMARTS) is 1. The summed E-state index contributed by atoms with van der Waals surface area (Å²) in [6.07, 6.45) is -14.8. The van der Waals surface area contributed by atoms with Crippen molar-refractivity contribution >= 4 is 29.5 Å². The number of anilines is 1. The Labute approximate surface area is 227 Å². The first-order chi connectivity index (χ1) is 19.1. The number of hydrogen-bond acceptors (Lipinski definition) is 6. The fourth-order valence-electron chi connectivity index (χ4n) is 3.42. The van der Waals surface area contributed by atoms with Crippen LogP contribution in [0.1, 0.15) is 37.4 Å². The summed E-state index contributed by atoms with van der Waals surface area (Å²) < 4.78 is 88.4. The molecule has 3 aromatic carbocycles. The van der Waals surface area contributed by atoms with Crippen LogP contribution in [0.4, 0.5) is 32.0 Å². The maximum Gasteiger partial charge on any atom is 0.416 e. The molecule has 3 aromatic rings. The number of benzene rings is 3. The van der Waals surface area contributed by atoms with E-state index in [-0.39, 0.29) is 5.69 Å². The number of amides is 1. The number of carboxylic acids is 1. The zero-order chi connectivity index (χ0) is 30.5. The number of esters is 2. The van der Waals surface area contributed by atoms with Gasteiger partial charge in [0.25, 0.3) is 5.91 Å². The van der Waals surface area contributed by atoms with Gasteiger partial charge in [-0.3, -0.25) is 4.79 Å². The van der Waals surface area contributed by atoms with Gasteiger partial charge in [0.1, 0.15) is 0 Å². The van der Waals surface area contributed by atoms with Crippen molar-refractivity contribution in [1.82, 2.24) is 0 Å². The molecule has 0 aliphatic heterocycles. The number of hydrogen-bond donors (Lipinski definition) is 2. The molecule has 3 rings (SSSR count). The number of aliphatic carboxylic acids is 1. The summed E-state index contributed by atoms with van der Waals surface area (Å²) in [5, 5.41) is 12.0. The Balaban J connectivity index is 1.98. The zero-order valence-corrected chi connectivity index (χ0v) is 20.7. The molecule has 14 heteroatoms. The van der Waals surface area contributed by atoms with Crippen LogP contribution in [0, 0.1) is 6.92 Å². The number of carbonyl (C=O) groups is 4. The summed E-state index contributed by atoms with van der Waals surface area (Å²) in [6, 6.07) is 11.6. The predicted octanol–water partition coefficient (Wildman–Crippen LogP) is 5.51. The molecule has 2 N–H and O–H groups in total. The summed E-state index contributed by atoms with van der Waals surface area (Å²) in [4.78, 5) is 50.6. The first-order valence-corrected chi connectivity index (χ1v) is 11.4.